The molecule has 0 unspecified atom stereocenters. The highest BCUT2D eigenvalue weighted by Gasteiger charge is 2.25. The van der Waals surface area contributed by atoms with Crippen molar-refractivity contribution in [2.24, 2.45) is 0 Å². The quantitative estimate of drug-likeness (QED) is 0.690. The molecule has 0 saturated carbocycles. The maximum atomic E-state index is 12.3. The minimum Gasteiger partial charge on any atom is -0.394 e. The lowest BCUT2D eigenvalue weighted by Crippen LogP contribution is -2.34. The number of carbonyl (C=O) groups excluding carboxylic acids is 1. The molecular formula is C16H24N6O3. The Kier molecular flexibility index (Phi) is 5.67. The number of urea groups is 1. The number of aliphatic hydroxyl groups is 1. The summed E-state index contributed by atoms with van der Waals surface area (Å²) in [6, 6.07) is -0.334. The summed E-state index contributed by atoms with van der Waals surface area (Å²) in [6.45, 7) is 1.74. The number of aromatic nitrogens is 4. The number of anilines is 1. The fourth-order valence-electron chi connectivity index (χ4n) is 3.12. The third-order valence-corrected chi connectivity index (χ3v) is 4.30. The van der Waals surface area contributed by atoms with Gasteiger partial charge in [0, 0.05) is 24.6 Å². The molecule has 0 fully saturated rings. The molecule has 136 valence electrons. The van der Waals surface area contributed by atoms with Gasteiger partial charge in [0.2, 0.25) is 0 Å². The van der Waals surface area contributed by atoms with Crippen LogP contribution in [0.5, 0.6) is 0 Å². The Hall–Kier alpha value is -2.39. The average Bonchev–Trinajstić information content (AvgIpc) is 3.21. The fraction of sp³-hybridized carbons (Fsp3) is 0.562. The second kappa shape index (κ2) is 8.13. The summed E-state index contributed by atoms with van der Waals surface area (Å²) >= 11 is 0. The smallest absolute Gasteiger partial charge is 0.319 e. The van der Waals surface area contributed by atoms with E-state index in [9.17, 15) is 4.79 Å². The van der Waals surface area contributed by atoms with E-state index in [1.54, 1.807) is 30.4 Å². The van der Waals surface area contributed by atoms with Gasteiger partial charge in [-0.1, -0.05) is 0 Å². The van der Waals surface area contributed by atoms with E-state index < -0.39 is 0 Å². The summed E-state index contributed by atoms with van der Waals surface area (Å²) in [5, 5.41) is 23.4. The summed E-state index contributed by atoms with van der Waals surface area (Å²) in [5.41, 5.74) is 2.77. The van der Waals surface area contributed by atoms with Crippen molar-refractivity contribution in [3.8, 4) is 0 Å². The molecule has 1 atom stereocenters. The van der Waals surface area contributed by atoms with E-state index in [-0.39, 0.29) is 18.7 Å². The zero-order valence-corrected chi connectivity index (χ0v) is 14.3. The number of hydrogen-bond acceptors (Lipinski definition) is 5. The van der Waals surface area contributed by atoms with Crippen LogP contribution >= 0.6 is 0 Å². The number of hydrogen-bond donors (Lipinski definition) is 3. The Bertz CT molecular complexity index is 711. The molecule has 1 aliphatic carbocycles. The summed E-state index contributed by atoms with van der Waals surface area (Å²) in [5.74, 6) is 0. The van der Waals surface area contributed by atoms with E-state index in [1.165, 1.54) is 0 Å². The highest BCUT2D eigenvalue weighted by Crippen LogP contribution is 2.29. The van der Waals surface area contributed by atoms with Crippen LogP contribution in [0.2, 0.25) is 0 Å². The molecule has 3 N–H and O–H groups in total. The Balaban J connectivity index is 1.59. The Morgan fingerprint density at radius 2 is 2.28 bits per heavy atom. The third-order valence-electron chi connectivity index (χ3n) is 4.30. The first-order chi connectivity index (χ1) is 12.2. The first kappa shape index (κ1) is 17.4. The lowest BCUT2D eigenvalue weighted by Gasteiger charge is -2.24. The van der Waals surface area contributed by atoms with Gasteiger partial charge in [0.25, 0.3) is 0 Å². The van der Waals surface area contributed by atoms with Gasteiger partial charge in [-0.25, -0.2) is 4.79 Å². The third kappa shape index (κ3) is 4.18. The van der Waals surface area contributed by atoms with Gasteiger partial charge in [-0.15, -0.1) is 0 Å². The molecule has 0 radical (unpaired) electrons. The van der Waals surface area contributed by atoms with Crippen molar-refractivity contribution < 1.29 is 14.6 Å². The van der Waals surface area contributed by atoms with E-state index in [2.05, 4.69) is 20.8 Å². The number of aliphatic hydroxyl groups excluding tert-OH is 1. The maximum absolute atomic E-state index is 12.3. The molecular weight excluding hydrogens is 324 g/mol. The molecule has 0 aromatic carbocycles. The Morgan fingerprint density at radius 3 is 3.08 bits per heavy atom. The van der Waals surface area contributed by atoms with Crippen molar-refractivity contribution in [1.29, 1.82) is 0 Å². The van der Waals surface area contributed by atoms with Crippen molar-refractivity contribution in [3.63, 3.8) is 0 Å². The van der Waals surface area contributed by atoms with Gasteiger partial charge >= 0.3 is 6.03 Å². The molecule has 0 bridgehead atoms. The van der Waals surface area contributed by atoms with Crippen LogP contribution in [0, 0.1) is 0 Å². The Labute approximate surface area is 146 Å². The Morgan fingerprint density at radius 1 is 1.40 bits per heavy atom. The minimum absolute atomic E-state index is 0.0553. The molecule has 2 heterocycles. The van der Waals surface area contributed by atoms with Crippen LogP contribution in [-0.4, -0.2) is 51.0 Å². The van der Waals surface area contributed by atoms with Gasteiger partial charge in [0.05, 0.1) is 50.4 Å². The molecule has 2 aromatic rings. The number of methoxy groups -OCH3 is 1. The van der Waals surface area contributed by atoms with Gasteiger partial charge in [-0.2, -0.15) is 10.2 Å². The number of nitrogens with zero attached hydrogens (tertiary/aromatic N) is 4. The molecule has 0 spiro atoms. The van der Waals surface area contributed by atoms with E-state index in [0.29, 0.717) is 25.4 Å². The molecule has 2 amide bonds. The number of ether oxygens (including phenoxy) is 1. The molecule has 9 nitrogen and oxygen atoms in total. The van der Waals surface area contributed by atoms with E-state index in [0.717, 1.165) is 30.5 Å². The number of carbonyl (C=O) groups is 1. The molecule has 0 aliphatic heterocycles. The summed E-state index contributed by atoms with van der Waals surface area (Å²) in [4.78, 5) is 12.3. The molecule has 9 heteroatoms. The molecule has 25 heavy (non-hydrogen) atoms. The lowest BCUT2D eigenvalue weighted by molar-refractivity contribution is 0.183. The maximum Gasteiger partial charge on any atom is 0.319 e. The molecule has 3 rings (SSSR count). The standard InChI is InChI=1S/C16H24N6O3/c1-25-8-6-21-11-12(9-17-21)19-16(24)20-14-3-2-4-15-13(14)10-18-22(15)5-7-23/h9-11,14,23H,2-8H2,1H3,(H2,19,20,24)/t14-/m1/s1. The van der Waals surface area contributed by atoms with Crippen LogP contribution in [-0.2, 0) is 24.2 Å². The zero-order chi connectivity index (χ0) is 17.6. The van der Waals surface area contributed by atoms with Gasteiger partial charge < -0.3 is 20.5 Å². The highest BCUT2D eigenvalue weighted by atomic mass is 16.5. The van der Waals surface area contributed by atoms with Gasteiger partial charge in [0.1, 0.15) is 0 Å². The second-order valence-electron chi connectivity index (χ2n) is 6.02. The predicted molar refractivity (Wildman–Crippen MR) is 91.2 cm³/mol. The molecule has 0 saturated heterocycles. The first-order valence-electron chi connectivity index (χ1n) is 8.45. The van der Waals surface area contributed by atoms with Gasteiger partial charge in [-0.3, -0.25) is 9.36 Å². The van der Waals surface area contributed by atoms with E-state index in [4.69, 9.17) is 9.84 Å². The number of amides is 2. The SMILES string of the molecule is COCCn1cc(NC(=O)N[C@@H]2CCCc3c2cnn3CCO)cn1. The van der Waals surface area contributed by atoms with Crippen molar-refractivity contribution in [3.05, 3.63) is 29.8 Å². The summed E-state index contributed by atoms with van der Waals surface area (Å²) in [6.07, 6.45) is 7.94. The van der Waals surface area contributed by atoms with Crippen molar-refractivity contribution >= 4 is 11.7 Å². The average molecular weight is 348 g/mol. The van der Waals surface area contributed by atoms with Gasteiger partial charge in [-0.05, 0) is 19.3 Å². The predicted octanol–water partition coefficient (Wildman–Crippen LogP) is 0.917. The van der Waals surface area contributed by atoms with Gasteiger partial charge in [0.15, 0.2) is 0 Å². The number of rotatable bonds is 7. The van der Waals surface area contributed by atoms with E-state index >= 15 is 0 Å². The van der Waals surface area contributed by atoms with Crippen LogP contribution in [0.3, 0.4) is 0 Å². The van der Waals surface area contributed by atoms with Crippen molar-refractivity contribution in [1.82, 2.24) is 24.9 Å². The number of fused-ring (bicyclic) bond motifs is 1. The fourth-order valence-corrected chi connectivity index (χ4v) is 3.12. The number of nitrogens with one attached hydrogen (secondary N) is 2. The first-order valence-corrected chi connectivity index (χ1v) is 8.45. The van der Waals surface area contributed by atoms with Crippen molar-refractivity contribution in [2.75, 3.05) is 25.6 Å². The molecule has 2 aromatic heterocycles. The second-order valence-corrected chi connectivity index (χ2v) is 6.02. The topological polar surface area (TPSA) is 106 Å². The van der Waals surface area contributed by atoms with Crippen LogP contribution in [0.4, 0.5) is 10.5 Å². The van der Waals surface area contributed by atoms with E-state index in [1.807, 2.05) is 4.68 Å². The lowest BCUT2D eigenvalue weighted by atomic mass is 9.93. The van der Waals surface area contributed by atoms with Crippen LogP contribution in [0.15, 0.2) is 18.6 Å². The molecule has 1 aliphatic rings. The van der Waals surface area contributed by atoms with Crippen LogP contribution in [0.25, 0.3) is 0 Å². The summed E-state index contributed by atoms with van der Waals surface area (Å²) < 4.78 is 8.54. The summed E-state index contributed by atoms with van der Waals surface area (Å²) in [7, 11) is 1.64. The van der Waals surface area contributed by atoms with Crippen LogP contribution < -0.4 is 10.6 Å². The van der Waals surface area contributed by atoms with Crippen LogP contribution in [0.1, 0.15) is 30.1 Å². The monoisotopic (exact) mass is 348 g/mol. The minimum atomic E-state index is -0.265. The highest BCUT2D eigenvalue weighted by molar-refractivity contribution is 5.89. The van der Waals surface area contributed by atoms with Crippen molar-refractivity contribution in [2.45, 2.75) is 38.4 Å². The largest absolute Gasteiger partial charge is 0.394 e. The zero-order valence-electron chi connectivity index (χ0n) is 14.3. The normalized spacial score (nSPS) is 16.5.